The molecule has 1 heteroatoms. The van der Waals surface area contributed by atoms with Crippen molar-refractivity contribution >= 4 is 0 Å². The number of hydrogen-bond acceptors (Lipinski definition) is 0. The van der Waals surface area contributed by atoms with E-state index < -0.39 is 0 Å². The third-order valence-corrected chi connectivity index (χ3v) is 2.02. The maximum atomic E-state index is 13.0. The summed E-state index contributed by atoms with van der Waals surface area (Å²) in [6.07, 6.45) is 0.742. The number of benzene rings is 1. The molecule has 0 aromatic heterocycles. The molecule has 0 aliphatic rings. The Kier molecular flexibility index (Phi) is 2.85. The second kappa shape index (κ2) is 3.70. The fraction of sp³-hybridized carbons (Fsp3) is 0.364. The highest BCUT2D eigenvalue weighted by atomic mass is 19.1. The van der Waals surface area contributed by atoms with Crippen LogP contribution in [-0.2, 0) is 6.42 Å². The van der Waals surface area contributed by atoms with E-state index in [-0.39, 0.29) is 11.7 Å². The van der Waals surface area contributed by atoms with Crippen LogP contribution in [0.3, 0.4) is 0 Å². The first kappa shape index (κ1) is 9.24. The van der Waals surface area contributed by atoms with Crippen LogP contribution in [0.5, 0.6) is 0 Å². The van der Waals surface area contributed by atoms with Crippen molar-refractivity contribution in [1.82, 2.24) is 0 Å². The van der Waals surface area contributed by atoms with E-state index in [1.54, 1.807) is 6.07 Å². The molecular formula is C11H14F. The highest BCUT2D eigenvalue weighted by molar-refractivity contribution is 5.27. The largest absolute Gasteiger partial charge is 0.207 e. The third-order valence-electron chi connectivity index (χ3n) is 2.02. The Hall–Kier alpha value is -0.850. The molecule has 0 N–H and O–H groups in total. The van der Waals surface area contributed by atoms with Gasteiger partial charge in [0.1, 0.15) is 5.82 Å². The highest BCUT2D eigenvalue weighted by Gasteiger charge is 2.03. The minimum atomic E-state index is -0.109. The van der Waals surface area contributed by atoms with Crippen molar-refractivity contribution in [1.29, 1.82) is 0 Å². The Bertz CT molecular complexity index is 264. The van der Waals surface area contributed by atoms with E-state index >= 15 is 0 Å². The summed E-state index contributed by atoms with van der Waals surface area (Å²) in [4.78, 5) is 0. The molecule has 0 nitrogen and oxygen atoms in total. The van der Waals surface area contributed by atoms with Gasteiger partial charge in [0.15, 0.2) is 0 Å². The van der Waals surface area contributed by atoms with Crippen LogP contribution in [0.2, 0.25) is 0 Å². The Labute approximate surface area is 73.4 Å². The smallest absolute Gasteiger partial charge is 0.126 e. The van der Waals surface area contributed by atoms with Gasteiger partial charge in [-0.05, 0) is 36.5 Å². The summed E-state index contributed by atoms with van der Waals surface area (Å²) in [5, 5.41) is 0. The Balaban J connectivity index is 3.05. The zero-order valence-corrected chi connectivity index (χ0v) is 7.60. The molecule has 0 spiro atoms. The molecule has 0 aliphatic heterocycles. The summed E-state index contributed by atoms with van der Waals surface area (Å²) in [7, 11) is 0. The van der Waals surface area contributed by atoms with Crippen LogP contribution < -0.4 is 0 Å². The molecule has 0 fully saturated rings. The zero-order chi connectivity index (χ0) is 9.14. The van der Waals surface area contributed by atoms with E-state index in [0.717, 1.165) is 17.5 Å². The molecule has 1 unspecified atom stereocenters. The van der Waals surface area contributed by atoms with Gasteiger partial charge in [-0.1, -0.05) is 26.0 Å². The number of halogens is 1. The average Bonchev–Trinajstić information content (AvgIpc) is 2.05. The van der Waals surface area contributed by atoms with Gasteiger partial charge in [0.2, 0.25) is 0 Å². The molecule has 0 saturated heterocycles. The van der Waals surface area contributed by atoms with Gasteiger partial charge in [-0.25, -0.2) is 4.39 Å². The predicted molar refractivity (Wildman–Crippen MR) is 49.6 cm³/mol. The van der Waals surface area contributed by atoms with E-state index in [0.29, 0.717) is 0 Å². The lowest BCUT2D eigenvalue weighted by Crippen LogP contribution is -1.93. The quantitative estimate of drug-likeness (QED) is 0.630. The first-order valence-electron chi connectivity index (χ1n) is 4.26. The van der Waals surface area contributed by atoms with E-state index in [9.17, 15) is 4.39 Å². The van der Waals surface area contributed by atoms with Gasteiger partial charge >= 0.3 is 0 Å². The zero-order valence-electron chi connectivity index (χ0n) is 7.60. The van der Waals surface area contributed by atoms with Crippen molar-refractivity contribution in [2.75, 3.05) is 0 Å². The van der Waals surface area contributed by atoms with Gasteiger partial charge in [-0.3, -0.25) is 0 Å². The highest BCUT2D eigenvalue weighted by Crippen LogP contribution is 2.17. The van der Waals surface area contributed by atoms with Crippen LogP contribution in [0, 0.1) is 12.7 Å². The maximum Gasteiger partial charge on any atom is 0.126 e. The van der Waals surface area contributed by atoms with Crippen LogP contribution in [0.15, 0.2) is 18.2 Å². The van der Waals surface area contributed by atoms with Crippen molar-refractivity contribution in [2.45, 2.75) is 26.2 Å². The molecule has 0 aliphatic carbocycles. The Morgan fingerprint density at radius 3 is 2.67 bits per heavy atom. The SMILES string of the molecule is [CH2]C(C)c1ccc(F)c(CC)c1. The molecule has 1 aromatic rings. The van der Waals surface area contributed by atoms with E-state index in [4.69, 9.17) is 0 Å². The molecule has 1 radical (unpaired) electrons. The normalized spacial score (nSPS) is 10.8. The molecule has 1 atom stereocenters. The monoisotopic (exact) mass is 165 g/mol. The molecule has 0 bridgehead atoms. The standard InChI is InChI=1S/C11H14F/c1-4-9-7-10(8(2)3)5-6-11(9)12/h5-8H,2,4H2,1,3H3. The number of hydrogen-bond donors (Lipinski definition) is 0. The first-order valence-corrected chi connectivity index (χ1v) is 4.26. The minimum absolute atomic E-state index is 0.109. The van der Waals surface area contributed by atoms with Gasteiger partial charge in [-0.2, -0.15) is 0 Å². The van der Waals surface area contributed by atoms with Gasteiger partial charge in [0.05, 0.1) is 0 Å². The topological polar surface area (TPSA) is 0 Å². The fourth-order valence-electron chi connectivity index (χ4n) is 1.17. The van der Waals surface area contributed by atoms with E-state index in [1.165, 1.54) is 6.07 Å². The second-order valence-corrected chi connectivity index (χ2v) is 3.11. The third kappa shape index (κ3) is 1.84. The lowest BCUT2D eigenvalue weighted by Gasteiger charge is -2.07. The summed E-state index contributed by atoms with van der Waals surface area (Å²) in [6, 6.07) is 5.22. The molecule has 1 rings (SSSR count). The number of rotatable bonds is 2. The molecular weight excluding hydrogens is 151 g/mol. The lowest BCUT2D eigenvalue weighted by atomic mass is 10.00. The maximum absolute atomic E-state index is 13.0. The summed E-state index contributed by atoms with van der Waals surface area (Å²) in [6.45, 7) is 7.85. The van der Waals surface area contributed by atoms with Crippen LogP contribution in [0.1, 0.15) is 30.9 Å². The van der Waals surface area contributed by atoms with Gasteiger partial charge in [0, 0.05) is 0 Å². The second-order valence-electron chi connectivity index (χ2n) is 3.11. The minimum Gasteiger partial charge on any atom is -0.207 e. The van der Waals surface area contributed by atoms with Gasteiger partial charge in [0.25, 0.3) is 0 Å². The summed E-state index contributed by atoms with van der Waals surface area (Å²) in [5.41, 5.74) is 1.89. The number of aryl methyl sites for hydroxylation is 1. The summed E-state index contributed by atoms with van der Waals surface area (Å²) >= 11 is 0. The van der Waals surface area contributed by atoms with Crippen LogP contribution in [0.25, 0.3) is 0 Å². The molecule has 65 valence electrons. The molecule has 0 heterocycles. The predicted octanol–water partition coefficient (Wildman–Crippen LogP) is 3.33. The van der Waals surface area contributed by atoms with Crippen molar-refractivity contribution in [3.63, 3.8) is 0 Å². The van der Waals surface area contributed by atoms with E-state index in [1.807, 2.05) is 19.9 Å². The summed E-state index contributed by atoms with van der Waals surface area (Å²) < 4.78 is 13.0. The van der Waals surface area contributed by atoms with Gasteiger partial charge < -0.3 is 0 Å². The first-order chi connectivity index (χ1) is 5.65. The van der Waals surface area contributed by atoms with Crippen LogP contribution in [0.4, 0.5) is 4.39 Å². The molecule has 0 amide bonds. The van der Waals surface area contributed by atoms with Crippen molar-refractivity contribution in [2.24, 2.45) is 0 Å². The average molecular weight is 165 g/mol. The Morgan fingerprint density at radius 1 is 1.50 bits per heavy atom. The van der Waals surface area contributed by atoms with Gasteiger partial charge in [-0.15, -0.1) is 0 Å². The van der Waals surface area contributed by atoms with Crippen molar-refractivity contribution in [3.8, 4) is 0 Å². The molecule has 0 saturated carbocycles. The molecule has 1 aromatic carbocycles. The van der Waals surface area contributed by atoms with Crippen LogP contribution >= 0.6 is 0 Å². The van der Waals surface area contributed by atoms with Crippen molar-refractivity contribution in [3.05, 3.63) is 42.1 Å². The van der Waals surface area contributed by atoms with E-state index in [2.05, 4.69) is 6.92 Å². The Morgan fingerprint density at radius 2 is 2.17 bits per heavy atom. The van der Waals surface area contributed by atoms with Crippen LogP contribution in [-0.4, -0.2) is 0 Å². The lowest BCUT2D eigenvalue weighted by molar-refractivity contribution is 0.611. The van der Waals surface area contributed by atoms with Crippen molar-refractivity contribution < 1.29 is 4.39 Å². The fourth-order valence-corrected chi connectivity index (χ4v) is 1.17. The molecule has 12 heavy (non-hydrogen) atoms. The summed E-state index contributed by atoms with van der Waals surface area (Å²) in [5.74, 6) is 0.123.